The van der Waals surface area contributed by atoms with Gasteiger partial charge in [0.2, 0.25) is 0 Å². The largest absolute Gasteiger partial charge is 0.495 e. The van der Waals surface area contributed by atoms with Crippen LogP contribution in [0.4, 0.5) is 5.69 Å². The van der Waals surface area contributed by atoms with Gasteiger partial charge in [0.05, 0.1) is 40.2 Å². The van der Waals surface area contributed by atoms with Crippen molar-refractivity contribution in [3.63, 3.8) is 0 Å². The zero-order valence-electron chi connectivity index (χ0n) is 16.6. The number of ether oxygens (including phenoxy) is 3. The lowest BCUT2D eigenvalue weighted by atomic mass is 10.2. The lowest BCUT2D eigenvalue weighted by Crippen LogP contribution is -2.21. The number of carbonyl (C=O) groups is 2. The van der Waals surface area contributed by atoms with E-state index >= 15 is 0 Å². The molecule has 0 fully saturated rings. The monoisotopic (exact) mass is 448 g/mol. The molecule has 0 radical (unpaired) electrons. The number of para-hydroxylation sites is 1. The van der Waals surface area contributed by atoms with Gasteiger partial charge in [0.1, 0.15) is 11.5 Å². The predicted molar refractivity (Wildman–Crippen MR) is 117 cm³/mol. The first kappa shape index (κ1) is 21.9. The Labute approximate surface area is 182 Å². The molecule has 0 unspecified atom stereocenters. The number of halogens is 1. The molecule has 1 amide bonds. The van der Waals surface area contributed by atoms with Crippen LogP contribution >= 0.6 is 22.9 Å². The first-order chi connectivity index (χ1) is 14.5. The Balaban J connectivity index is 1.44. The molecule has 2 aromatic carbocycles. The summed E-state index contributed by atoms with van der Waals surface area (Å²) >= 11 is 7.70. The first-order valence-electron chi connectivity index (χ1n) is 9.21. The fraction of sp³-hybridized carbons (Fsp3) is 0.286. The second kappa shape index (κ2) is 10.3. The van der Waals surface area contributed by atoms with Gasteiger partial charge in [-0.3, -0.25) is 9.59 Å². The number of fused-ring (bicyclic) bond motifs is 1. The van der Waals surface area contributed by atoms with E-state index in [-0.39, 0.29) is 6.42 Å². The van der Waals surface area contributed by atoms with E-state index in [1.807, 2.05) is 24.3 Å². The van der Waals surface area contributed by atoms with E-state index in [1.165, 1.54) is 20.3 Å². The smallest absolute Gasteiger partial charge is 0.306 e. The van der Waals surface area contributed by atoms with E-state index < -0.39 is 18.5 Å². The lowest BCUT2D eigenvalue weighted by molar-refractivity contribution is -0.147. The Morgan fingerprint density at radius 1 is 1.13 bits per heavy atom. The number of hydrogen-bond acceptors (Lipinski definition) is 7. The standard InChI is InChI=1S/C21H21ClN2O5S/c1-27-16-11-17(28-2)15(10-13(16)22)23-19(25)12-29-21(26)9-5-8-20-24-14-6-3-4-7-18(14)30-20/h3-4,6-7,10-11H,5,8-9,12H2,1-2H3,(H,23,25). The fourth-order valence-corrected chi connectivity index (χ4v) is 4.02. The Bertz CT molecular complexity index is 1020. The van der Waals surface area contributed by atoms with E-state index in [1.54, 1.807) is 17.4 Å². The highest BCUT2D eigenvalue weighted by Crippen LogP contribution is 2.35. The average Bonchev–Trinajstić information content (AvgIpc) is 3.15. The molecule has 1 heterocycles. The molecule has 0 aliphatic heterocycles. The number of nitrogens with one attached hydrogen (secondary N) is 1. The second-order valence-corrected chi connectivity index (χ2v) is 7.85. The minimum absolute atomic E-state index is 0.209. The minimum Gasteiger partial charge on any atom is -0.495 e. The Morgan fingerprint density at radius 2 is 1.90 bits per heavy atom. The molecular formula is C21H21ClN2O5S. The van der Waals surface area contributed by atoms with Crippen LogP contribution < -0.4 is 14.8 Å². The van der Waals surface area contributed by atoms with Crippen molar-refractivity contribution in [2.24, 2.45) is 0 Å². The molecule has 0 saturated heterocycles. The van der Waals surface area contributed by atoms with Gasteiger partial charge in [0.15, 0.2) is 6.61 Å². The number of hydrogen-bond donors (Lipinski definition) is 1. The van der Waals surface area contributed by atoms with E-state index in [0.29, 0.717) is 35.1 Å². The minimum atomic E-state index is -0.492. The van der Waals surface area contributed by atoms with Gasteiger partial charge in [0.25, 0.3) is 5.91 Å². The molecule has 0 bridgehead atoms. The molecule has 30 heavy (non-hydrogen) atoms. The summed E-state index contributed by atoms with van der Waals surface area (Å²) in [6, 6.07) is 11.0. The quantitative estimate of drug-likeness (QED) is 0.486. The SMILES string of the molecule is COc1cc(OC)c(NC(=O)COC(=O)CCCc2nc3ccccc3s2)cc1Cl. The molecule has 0 saturated carbocycles. The van der Waals surface area contributed by atoms with Crippen LogP contribution in [0.25, 0.3) is 10.2 Å². The summed E-state index contributed by atoms with van der Waals surface area (Å²) in [5.41, 5.74) is 1.32. The van der Waals surface area contributed by atoms with Crippen molar-refractivity contribution in [1.82, 2.24) is 4.98 Å². The molecule has 3 rings (SSSR count). The predicted octanol–water partition coefficient (Wildman–Crippen LogP) is 4.47. The van der Waals surface area contributed by atoms with E-state index in [0.717, 1.165) is 15.2 Å². The molecule has 3 aromatic rings. The molecule has 1 N–H and O–H groups in total. The lowest BCUT2D eigenvalue weighted by Gasteiger charge is -2.13. The highest BCUT2D eigenvalue weighted by atomic mass is 35.5. The maximum absolute atomic E-state index is 12.1. The van der Waals surface area contributed by atoms with E-state index in [9.17, 15) is 9.59 Å². The number of esters is 1. The maximum Gasteiger partial charge on any atom is 0.306 e. The number of benzene rings is 2. The third kappa shape index (κ3) is 5.61. The third-order valence-electron chi connectivity index (χ3n) is 4.22. The molecule has 0 atom stereocenters. The van der Waals surface area contributed by atoms with Gasteiger partial charge >= 0.3 is 5.97 Å². The summed E-state index contributed by atoms with van der Waals surface area (Å²) in [6.45, 7) is -0.396. The van der Waals surface area contributed by atoms with Gasteiger partial charge in [0, 0.05) is 12.5 Å². The molecule has 7 nitrogen and oxygen atoms in total. The number of thiazole rings is 1. The molecule has 0 spiro atoms. The highest BCUT2D eigenvalue weighted by molar-refractivity contribution is 7.18. The van der Waals surface area contributed by atoms with Gasteiger partial charge in [-0.15, -0.1) is 11.3 Å². The number of methoxy groups -OCH3 is 2. The van der Waals surface area contributed by atoms with Crippen LogP contribution in [-0.2, 0) is 20.7 Å². The van der Waals surface area contributed by atoms with Crippen LogP contribution in [0.1, 0.15) is 17.8 Å². The summed E-state index contributed by atoms with van der Waals surface area (Å²) in [4.78, 5) is 28.6. The molecule has 9 heteroatoms. The number of nitrogens with zero attached hydrogens (tertiary/aromatic N) is 1. The van der Waals surface area contributed by atoms with Crippen molar-refractivity contribution in [3.05, 3.63) is 46.4 Å². The molecule has 158 valence electrons. The van der Waals surface area contributed by atoms with E-state index in [4.69, 9.17) is 25.8 Å². The topological polar surface area (TPSA) is 86.8 Å². The van der Waals surface area contributed by atoms with Crippen LogP contribution in [0.5, 0.6) is 11.5 Å². The van der Waals surface area contributed by atoms with Crippen LogP contribution in [0, 0.1) is 0 Å². The molecule has 0 aliphatic rings. The second-order valence-electron chi connectivity index (χ2n) is 6.32. The number of anilines is 1. The number of aryl methyl sites for hydroxylation is 1. The Kier molecular flexibility index (Phi) is 7.48. The van der Waals surface area contributed by atoms with Crippen molar-refractivity contribution in [2.45, 2.75) is 19.3 Å². The summed E-state index contributed by atoms with van der Waals surface area (Å²) in [7, 11) is 2.94. The highest BCUT2D eigenvalue weighted by Gasteiger charge is 2.14. The summed E-state index contributed by atoms with van der Waals surface area (Å²) in [6.07, 6.45) is 1.49. The van der Waals surface area contributed by atoms with Gasteiger partial charge in [-0.25, -0.2) is 4.98 Å². The maximum atomic E-state index is 12.1. The van der Waals surface area contributed by atoms with Crippen LogP contribution in [0.3, 0.4) is 0 Å². The molecular weight excluding hydrogens is 428 g/mol. The van der Waals surface area contributed by atoms with Crippen molar-refractivity contribution in [1.29, 1.82) is 0 Å². The zero-order valence-corrected chi connectivity index (χ0v) is 18.1. The van der Waals surface area contributed by atoms with E-state index in [2.05, 4.69) is 10.3 Å². The van der Waals surface area contributed by atoms with Crippen LogP contribution in [-0.4, -0.2) is 37.7 Å². The number of amides is 1. The summed E-state index contributed by atoms with van der Waals surface area (Å²) < 4.78 is 16.5. The average molecular weight is 449 g/mol. The summed E-state index contributed by atoms with van der Waals surface area (Å²) in [5, 5.41) is 3.91. The van der Waals surface area contributed by atoms with Crippen molar-refractivity contribution < 1.29 is 23.8 Å². The van der Waals surface area contributed by atoms with Gasteiger partial charge in [-0.05, 0) is 31.0 Å². The molecule has 1 aromatic heterocycles. The van der Waals surface area contributed by atoms with Crippen molar-refractivity contribution in [2.75, 3.05) is 26.1 Å². The van der Waals surface area contributed by atoms with Gasteiger partial charge < -0.3 is 19.5 Å². The number of aromatic nitrogens is 1. The van der Waals surface area contributed by atoms with Crippen LogP contribution in [0.15, 0.2) is 36.4 Å². The summed E-state index contributed by atoms with van der Waals surface area (Å²) in [5.74, 6) is -0.127. The Hall–Kier alpha value is -2.84. The zero-order chi connectivity index (χ0) is 21.5. The first-order valence-corrected chi connectivity index (χ1v) is 10.4. The number of rotatable bonds is 9. The molecule has 0 aliphatic carbocycles. The van der Waals surface area contributed by atoms with Gasteiger partial charge in [-0.1, -0.05) is 23.7 Å². The normalized spacial score (nSPS) is 10.6. The fourth-order valence-electron chi connectivity index (χ4n) is 2.77. The third-order valence-corrected chi connectivity index (χ3v) is 5.61. The van der Waals surface area contributed by atoms with Crippen LogP contribution in [0.2, 0.25) is 5.02 Å². The van der Waals surface area contributed by atoms with Gasteiger partial charge in [-0.2, -0.15) is 0 Å². The Morgan fingerprint density at radius 3 is 2.63 bits per heavy atom. The number of carbonyl (C=O) groups excluding carboxylic acids is 2. The van der Waals surface area contributed by atoms with Crippen molar-refractivity contribution in [3.8, 4) is 11.5 Å². The van der Waals surface area contributed by atoms with Crippen molar-refractivity contribution >= 4 is 50.7 Å².